The zero-order chi connectivity index (χ0) is 19.3. The molecule has 1 atom stereocenters. The van der Waals surface area contributed by atoms with Crippen molar-refractivity contribution in [2.45, 2.75) is 12.5 Å². The van der Waals surface area contributed by atoms with Gasteiger partial charge in [0.1, 0.15) is 6.04 Å². The summed E-state index contributed by atoms with van der Waals surface area (Å²) in [5.74, 6) is -2.27. The molecule has 2 aromatic rings. The van der Waals surface area contributed by atoms with Gasteiger partial charge in [0.15, 0.2) is 23.0 Å². The molecule has 0 radical (unpaired) electrons. The summed E-state index contributed by atoms with van der Waals surface area (Å²) in [7, 11) is 0. The standard InChI is InChI=1S/C18H17NO6S/c20-13-4-1-10(8-15(13)22)3-6-17(26)19-12(18(24)25)7-11-2-5-14(21)16(23)9-11/h1-6,8-9,12,20-23H,7H2,(H,19,26)(H,24,25)/b6-3+/t12-/m1/s1. The molecular weight excluding hydrogens is 358 g/mol. The summed E-state index contributed by atoms with van der Waals surface area (Å²) in [6.45, 7) is 0. The van der Waals surface area contributed by atoms with Gasteiger partial charge in [-0.1, -0.05) is 30.4 Å². The minimum absolute atomic E-state index is 0.0388. The summed E-state index contributed by atoms with van der Waals surface area (Å²) in [6, 6.07) is 7.24. The van der Waals surface area contributed by atoms with E-state index in [2.05, 4.69) is 5.32 Å². The number of hydrogen-bond acceptors (Lipinski definition) is 6. The molecule has 8 heteroatoms. The molecule has 0 aliphatic rings. The summed E-state index contributed by atoms with van der Waals surface area (Å²) in [5, 5.41) is 49.5. The van der Waals surface area contributed by atoms with Crippen LogP contribution in [-0.2, 0) is 11.2 Å². The highest BCUT2D eigenvalue weighted by Gasteiger charge is 2.18. The van der Waals surface area contributed by atoms with Gasteiger partial charge in [-0.15, -0.1) is 0 Å². The Morgan fingerprint density at radius 3 is 2.19 bits per heavy atom. The molecule has 0 heterocycles. The van der Waals surface area contributed by atoms with Crippen molar-refractivity contribution in [2.75, 3.05) is 0 Å². The Hall–Kier alpha value is -3.26. The molecule has 0 bridgehead atoms. The highest BCUT2D eigenvalue weighted by molar-refractivity contribution is 7.80. The number of aromatic hydroxyl groups is 4. The number of nitrogens with one attached hydrogen (secondary N) is 1. The lowest BCUT2D eigenvalue weighted by Gasteiger charge is -2.15. The van der Waals surface area contributed by atoms with Crippen molar-refractivity contribution in [3.63, 3.8) is 0 Å². The third kappa shape index (κ3) is 5.12. The highest BCUT2D eigenvalue weighted by atomic mass is 32.1. The molecule has 0 aliphatic heterocycles. The van der Waals surface area contributed by atoms with Crippen LogP contribution >= 0.6 is 12.2 Å². The SMILES string of the molecule is O=C(O)[C@@H](Cc1ccc(O)c(O)c1)NC(=S)/C=C/c1ccc(O)c(O)c1. The molecule has 2 rings (SSSR count). The fourth-order valence-electron chi connectivity index (χ4n) is 2.17. The number of thiocarbonyl (C=S) groups is 1. The third-order valence-electron chi connectivity index (χ3n) is 3.52. The van der Waals surface area contributed by atoms with Crippen LogP contribution in [0, 0.1) is 0 Å². The number of benzene rings is 2. The molecule has 0 saturated heterocycles. The van der Waals surface area contributed by atoms with E-state index in [-0.39, 0.29) is 34.4 Å². The van der Waals surface area contributed by atoms with Crippen molar-refractivity contribution in [1.82, 2.24) is 5.32 Å². The van der Waals surface area contributed by atoms with Crippen LogP contribution in [0.1, 0.15) is 11.1 Å². The Kier molecular flexibility index (Phi) is 6.03. The van der Waals surface area contributed by atoms with E-state index < -0.39 is 12.0 Å². The van der Waals surface area contributed by atoms with Crippen molar-refractivity contribution < 1.29 is 30.3 Å². The summed E-state index contributed by atoms with van der Waals surface area (Å²) in [6.07, 6.45) is 3.06. The molecule has 6 N–H and O–H groups in total. The number of phenols is 4. The summed E-state index contributed by atoms with van der Waals surface area (Å²) >= 11 is 5.11. The Labute approximate surface area is 154 Å². The quantitative estimate of drug-likeness (QED) is 0.257. The second-order valence-corrected chi connectivity index (χ2v) is 5.95. The number of hydrogen-bond donors (Lipinski definition) is 6. The van der Waals surface area contributed by atoms with Gasteiger partial charge >= 0.3 is 5.97 Å². The topological polar surface area (TPSA) is 130 Å². The van der Waals surface area contributed by atoms with E-state index in [1.807, 2.05) is 0 Å². The number of rotatable bonds is 6. The molecule has 0 aliphatic carbocycles. The molecule has 0 saturated carbocycles. The van der Waals surface area contributed by atoms with Crippen LogP contribution in [0.15, 0.2) is 42.5 Å². The Morgan fingerprint density at radius 2 is 1.62 bits per heavy atom. The van der Waals surface area contributed by atoms with Gasteiger partial charge in [-0.25, -0.2) is 4.79 Å². The monoisotopic (exact) mass is 375 g/mol. The Bertz CT molecular complexity index is 865. The average Bonchev–Trinajstić information content (AvgIpc) is 2.58. The molecule has 0 unspecified atom stereocenters. The second kappa shape index (κ2) is 8.21. The van der Waals surface area contributed by atoms with Crippen LogP contribution in [-0.4, -0.2) is 42.5 Å². The normalized spacial score (nSPS) is 12.0. The van der Waals surface area contributed by atoms with E-state index >= 15 is 0 Å². The predicted octanol–water partition coefficient (Wildman–Crippen LogP) is 2.14. The summed E-state index contributed by atoms with van der Waals surface area (Å²) < 4.78 is 0. The lowest BCUT2D eigenvalue weighted by Crippen LogP contribution is -2.40. The van der Waals surface area contributed by atoms with Crippen molar-refractivity contribution in [2.24, 2.45) is 0 Å². The lowest BCUT2D eigenvalue weighted by atomic mass is 10.1. The minimum atomic E-state index is -1.13. The third-order valence-corrected chi connectivity index (χ3v) is 3.77. The maximum absolute atomic E-state index is 11.4. The zero-order valence-corrected chi connectivity index (χ0v) is 14.3. The van der Waals surface area contributed by atoms with E-state index in [9.17, 15) is 30.3 Å². The molecule has 0 aromatic heterocycles. The van der Waals surface area contributed by atoms with Gasteiger partial charge in [0, 0.05) is 6.42 Å². The molecule has 0 spiro atoms. The molecule has 0 fully saturated rings. The minimum Gasteiger partial charge on any atom is -0.504 e. The number of phenolic OH excluding ortho intramolecular Hbond substituents is 4. The fourth-order valence-corrected chi connectivity index (χ4v) is 2.38. The Morgan fingerprint density at radius 1 is 1.00 bits per heavy atom. The van der Waals surface area contributed by atoms with Gasteiger partial charge in [0.25, 0.3) is 0 Å². The van der Waals surface area contributed by atoms with Crippen molar-refractivity contribution in [3.05, 3.63) is 53.6 Å². The van der Waals surface area contributed by atoms with Crippen molar-refractivity contribution >= 4 is 29.3 Å². The van der Waals surface area contributed by atoms with Crippen LogP contribution in [0.4, 0.5) is 0 Å². The number of carbonyl (C=O) groups is 1. The predicted molar refractivity (Wildman–Crippen MR) is 99.4 cm³/mol. The zero-order valence-electron chi connectivity index (χ0n) is 13.5. The van der Waals surface area contributed by atoms with Gasteiger partial charge in [-0.2, -0.15) is 0 Å². The maximum atomic E-state index is 11.4. The number of carboxylic acids is 1. The van der Waals surface area contributed by atoms with E-state index in [1.165, 1.54) is 36.4 Å². The first kappa shape index (κ1) is 19.1. The Balaban J connectivity index is 2.05. The highest BCUT2D eigenvalue weighted by Crippen LogP contribution is 2.26. The van der Waals surface area contributed by atoms with E-state index in [1.54, 1.807) is 12.1 Å². The molecular formula is C18H17NO6S. The molecule has 26 heavy (non-hydrogen) atoms. The molecule has 0 amide bonds. The van der Waals surface area contributed by atoms with E-state index in [0.717, 1.165) is 0 Å². The first-order valence-corrected chi connectivity index (χ1v) is 7.91. The van der Waals surface area contributed by atoms with Crippen LogP contribution in [0.3, 0.4) is 0 Å². The summed E-state index contributed by atoms with van der Waals surface area (Å²) in [4.78, 5) is 11.6. The van der Waals surface area contributed by atoms with Crippen LogP contribution < -0.4 is 5.32 Å². The van der Waals surface area contributed by atoms with Crippen LogP contribution in [0.5, 0.6) is 23.0 Å². The molecule has 2 aromatic carbocycles. The van der Waals surface area contributed by atoms with Crippen LogP contribution in [0.25, 0.3) is 6.08 Å². The first-order chi connectivity index (χ1) is 12.3. The fraction of sp³-hybridized carbons (Fsp3) is 0.111. The maximum Gasteiger partial charge on any atom is 0.326 e. The van der Waals surface area contributed by atoms with Gasteiger partial charge in [-0.3, -0.25) is 0 Å². The van der Waals surface area contributed by atoms with Crippen LogP contribution in [0.2, 0.25) is 0 Å². The number of carboxylic acid groups (broad SMARTS) is 1. The van der Waals surface area contributed by atoms with Gasteiger partial charge in [0.2, 0.25) is 0 Å². The smallest absolute Gasteiger partial charge is 0.326 e. The molecule has 7 nitrogen and oxygen atoms in total. The lowest BCUT2D eigenvalue weighted by molar-refractivity contribution is -0.139. The number of aliphatic carboxylic acids is 1. The molecule has 136 valence electrons. The first-order valence-electron chi connectivity index (χ1n) is 7.50. The van der Waals surface area contributed by atoms with Crippen molar-refractivity contribution in [3.8, 4) is 23.0 Å². The van der Waals surface area contributed by atoms with Gasteiger partial charge < -0.3 is 30.8 Å². The van der Waals surface area contributed by atoms with Crippen molar-refractivity contribution in [1.29, 1.82) is 0 Å². The largest absolute Gasteiger partial charge is 0.504 e. The summed E-state index contributed by atoms with van der Waals surface area (Å²) in [5.41, 5.74) is 1.08. The average molecular weight is 375 g/mol. The second-order valence-electron chi connectivity index (χ2n) is 5.51. The van der Waals surface area contributed by atoms with Gasteiger partial charge in [-0.05, 0) is 41.5 Å². The van der Waals surface area contributed by atoms with Gasteiger partial charge in [0.05, 0.1) is 4.99 Å². The van der Waals surface area contributed by atoms with E-state index in [0.29, 0.717) is 11.1 Å². The van der Waals surface area contributed by atoms with E-state index in [4.69, 9.17) is 12.2 Å².